The van der Waals surface area contributed by atoms with Gasteiger partial charge in [0.2, 0.25) is 0 Å². The molecule has 3 nitrogen and oxygen atoms in total. The predicted molar refractivity (Wildman–Crippen MR) is 94.6 cm³/mol. The molecule has 22 heavy (non-hydrogen) atoms. The second kappa shape index (κ2) is 7.75. The number of allylic oxidation sites excluding steroid dienone is 1. The summed E-state index contributed by atoms with van der Waals surface area (Å²) in [5.41, 5.74) is 1.22. The van der Waals surface area contributed by atoms with E-state index in [9.17, 15) is 0 Å². The van der Waals surface area contributed by atoms with Crippen molar-refractivity contribution >= 4 is 10.9 Å². The number of hydrogen-bond donors (Lipinski definition) is 1. The Morgan fingerprint density at radius 1 is 1.05 bits per heavy atom. The van der Waals surface area contributed by atoms with E-state index in [1.807, 2.05) is 12.1 Å². The summed E-state index contributed by atoms with van der Waals surface area (Å²) in [5, 5.41) is 4.48. The third kappa shape index (κ3) is 5.78. The van der Waals surface area contributed by atoms with Crippen LogP contribution < -0.4 is 4.74 Å². The summed E-state index contributed by atoms with van der Waals surface area (Å²) in [7, 11) is 1.42. The van der Waals surface area contributed by atoms with E-state index in [4.69, 9.17) is 14.2 Å². The summed E-state index contributed by atoms with van der Waals surface area (Å²) in [6.45, 7) is 7.37. The summed E-state index contributed by atoms with van der Waals surface area (Å²) in [6, 6.07) is 8.27. The van der Waals surface area contributed by atoms with Gasteiger partial charge in [0.15, 0.2) is 0 Å². The highest BCUT2D eigenvalue weighted by Crippen LogP contribution is 2.39. The van der Waals surface area contributed by atoms with Gasteiger partial charge in [0.25, 0.3) is 0 Å². The molecule has 0 bridgehead atoms. The molecule has 1 heterocycles. The van der Waals surface area contributed by atoms with Gasteiger partial charge in [-0.05, 0) is 55.4 Å². The van der Waals surface area contributed by atoms with E-state index in [-0.39, 0.29) is 16.5 Å². The first kappa shape index (κ1) is 17.0. The molecule has 0 spiro atoms. The normalized spacial score (nSPS) is 19.1. The predicted octanol–water partition coefficient (Wildman–Crippen LogP) is 4.40. The van der Waals surface area contributed by atoms with Gasteiger partial charge in [-0.15, -0.1) is 0 Å². The molecule has 4 heteroatoms. The third-order valence-electron chi connectivity index (χ3n) is 3.13. The van der Waals surface area contributed by atoms with Crippen molar-refractivity contribution in [3.05, 3.63) is 52.5 Å². The first-order chi connectivity index (χ1) is 10.5. The molecule has 0 fully saturated rings. The van der Waals surface area contributed by atoms with Crippen molar-refractivity contribution in [1.82, 2.24) is 0 Å². The number of benzene rings is 1. The monoisotopic (exact) mass is 322 g/mol. The largest absolute Gasteiger partial charge is 0.497 e. The molecule has 0 aromatic heterocycles. The number of thiol groups is 1. The van der Waals surface area contributed by atoms with Gasteiger partial charge in [-0.25, -0.2) is 10.9 Å². The Labute approximate surface area is 136 Å². The summed E-state index contributed by atoms with van der Waals surface area (Å²) < 4.78 is 16.6. The molecule has 1 atom stereocenters. The van der Waals surface area contributed by atoms with Gasteiger partial charge in [-0.1, -0.05) is 12.1 Å². The Balaban J connectivity index is 1.76. The number of ether oxygens (including phenoxy) is 3. The lowest BCUT2D eigenvalue weighted by atomic mass is 10.2. The second-order valence-corrected chi connectivity index (χ2v) is 8.08. The zero-order valence-electron chi connectivity index (χ0n) is 13.8. The fourth-order valence-corrected chi connectivity index (χ4v) is 3.79. The first-order valence-electron chi connectivity index (χ1n) is 7.52. The van der Waals surface area contributed by atoms with Crippen molar-refractivity contribution in [2.75, 3.05) is 20.3 Å². The van der Waals surface area contributed by atoms with Gasteiger partial charge in [-0.3, -0.25) is 0 Å². The molecule has 1 unspecified atom stereocenters. The molecule has 0 saturated heterocycles. The molecule has 0 radical (unpaired) electrons. The van der Waals surface area contributed by atoms with Crippen molar-refractivity contribution in [1.29, 1.82) is 0 Å². The molecule has 2 rings (SSSR count). The zero-order valence-corrected chi connectivity index (χ0v) is 14.7. The maximum absolute atomic E-state index is 5.75. The standard InChI is InChI=1S/C18H26O3S/c1-18(2,3)21-11-10-20-17-9-12-22(14-17)13-15-5-7-16(19-4)8-6-15/h5-9,12,14,22H,10-11,13H2,1-4H3. The minimum Gasteiger partial charge on any atom is -0.497 e. The minimum atomic E-state index is -0.267. The van der Waals surface area contributed by atoms with Crippen LogP contribution in [0.2, 0.25) is 0 Å². The molecule has 122 valence electrons. The van der Waals surface area contributed by atoms with Crippen LogP contribution >= 0.6 is 10.9 Å². The lowest BCUT2D eigenvalue weighted by Gasteiger charge is -2.19. The number of methoxy groups -OCH3 is 1. The van der Waals surface area contributed by atoms with E-state index in [1.54, 1.807) is 7.11 Å². The molecule has 1 aromatic carbocycles. The van der Waals surface area contributed by atoms with Crippen LogP contribution in [0.5, 0.6) is 5.75 Å². The fourth-order valence-electron chi connectivity index (χ4n) is 2.05. The number of rotatable bonds is 7. The molecule has 1 aliphatic rings. The maximum Gasteiger partial charge on any atom is 0.124 e. The van der Waals surface area contributed by atoms with Crippen LogP contribution in [0.4, 0.5) is 0 Å². The lowest BCUT2D eigenvalue weighted by molar-refractivity contribution is -0.0240. The van der Waals surface area contributed by atoms with Gasteiger partial charge in [0.05, 0.1) is 19.3 Å². The Hall–Kier alpha value is -1.39. The lowest BCUT2D eigenvalue weighted by Crippen LogP contribution is -2.21. The van der Waals surface area contributed by atoms with Gasteiger partial charge >= 0.3 is 0 Å². The van der Waals surface area contributed by atoms with Gasteiger partial charge in [0.1, 0.15) is 18.1 Å². The van der Waals surface area contributed by atoms with Crippen LogP contribution in [0.1, 0.15) is 26.3 Å². The first-order valence-corrected chi connectivity index (χ1v) is 9.18. The topological polar surface area (TPSA) is 27.7 Å². The van der Waals surface area contributed by atoms with Crippen LogP contribution in [0, 0.1) is 0 Å². The highest BCUT2D eigenvalue weighted by Gasteiger charge is 2.11. The van der Waals surface area contributed by atoms with Crippen molar-refractivity contribution in [3.8, 4) is 5.75 Å². The van der Waals surface area contributed by atoms with Gasteiger partial charge in [-0.2, -0.15) is 0 Å². The minimum absolute atomic E-state index is 0.107. The summed E-state index contributed by atoms with van der Waals surface area (Å²) in [4.78, 5) is 0. The Morgan fingerprint density at radius 2 is 1.77 bits per heavy atom. The van der Waals surface area contributed by atoms with Crippen LogP contribution in [-0.2, 0) is 15.2 Å². The highest BCUT2D eigenvalue weighted by atomic mass is 32.2. The number of hydrogen-bond acceptors (Lipinski definition) is 3. The average molecular weight is 322 g/mol. The van der Waals surface area contributed by atoms with E-state index in [2.05, 4.69) is 49.8 Å². The van der Waals surface area contributed by atoms with E-state index >= 15 is 0 Å². The second-order valence-electron chi connectivity index (χ2n) is 6.18. The molecular formula is C18H26O3S. The summed E-state index contributed by atoms with van der Waals surface area (Å²) in [6.07, 6.45) is 2.08. The fraction of sp³-hybridized carbons (Fsp3) is 0.444. The van der Waals surface area contributed by atoms with Crippen LogP contribution in [-0.4, -0.2) is 25.9 Å². The van der Waals surface area contributed by atoms with Gasteiger partial charge < -0.3 is 14.2 Å². The zero-order chi connectivity index (χ0) is 16.0. The third-order valence-corrected chi connectivity index (χ3v) is 4.98. The maximum atomic E-state index is 5.75. The molecular weight excluding hydrogens is 296 g/mol. The Kier molecular flexibility index (Phi) is 5.98. The molecule has 1 aromatic rings. The average Bonchev–Trinajstić information content (AvgIpc) is 2.91. The van der Waals surface area contributed by atoms with E-state index in [1.165, 1.54) is 5.56 Å². The van der Waals surface area contributed by atoms with Crippen molar-refractivity contribution < 1.29 is 14.2 Å². The highest BCUT2D eigenvalue weighted by molar-refractivity contribution is 8.21. The van der Waals surface area contributed by atoms with E-state index in [0.29, 0.717) is 13.2 Å². The van der Waals surface area contributed by atoms with Crippen LogP contribution in [0.15, 0.2) is 46.9 Å². The Morgan fingerprint density at radius 3 is 2.41 bits per heavy atom. The summed E-state index contributed by atoms with van der Waals surface area (Å²) >= 11 is 0. The molecule has 0 amide bonds. The van der Waals surface area contributed by atoms with Crippen LogP contribution in [0.3, 0.4) is 0 Å². The quantitative estimate of drug-likeness (QED) is 0.596. The Bertz CT molecular complexity index is 526. The molecule has 0 aliphatic carbocycles. The summed E-state index contributed by atoms with van der Waals surface area (Å²) in [5.74, 6) is 2.91. The van der Waals surface area contributed by atoms with Crippen molar-refractivity contribution in [2.45, 2.75) is 32.1 Å². The smallest absolute Gasteiger partial charge is 0.124 e. The van der Waals surface area contributed by atoms with Crippen molar-refractivity contribution in [2.24, 2.45) is 0 Å². The molecule has 0 saturated carbocycles. The molecule has 0 N–H and O–H groups in total. The molecule has 1 aliphatic heterocycles. The van der Waals surface area contributed by atoms with E-state index < -0.39 is 0 Å². The van der Waals surface area contributed by atoms with E-state index in [0.717, 1.165) is 17.3 Å². The van der Waals surface area contributed by atoms with Gasteiger partial charge in [0, 0.05) is 5.75 Å². The SMILES string of the molecule is COc1ccc(C[SH]2C=CC(OCCOC(C)(C)C)=C2)cc1. The van der Waals surface area contributed by atoms with Crippen molar-refractivity contribution in [3.63, 3.8) is 0 Å². The van der Waals surface area contributed by atoms with Crippen LogP contribution in [0.25, 0.3) is 0 Å².